The van der Waals surface area contributed by atoms with Crippen molar-refractivity contribution in [3.05, 3.63) is 40.4 Å². The van der Waals surface area contributed by atoms with Gasteiger partial charge in [0.1, 0.15) is 0 Å². The summed E-state index contributed by atoms with van der Waals surface area (Å²) >= 11 is 11.3. The SMILES string of the molecule is C=CCN(C(C)=O)c1ccc(Cl)c(C(F)(F)F)c1Cl. The molecule has 0 saturated carbocycles. The van der Waals surface area contributed by atoms with Crippen molar-refractivity contribution >= 4 is 34.8 Å². The van der Waals surface area contributed by atoms with Crippen molar-refractivity contribution in [3.8, 4) is 0 Å². The minimum absolute atomic E-state index is 0.0496. The van der Waals surface area contributed by atoms with Crippen LogP contribution in [0, 0.1) is 0 Å². The van der Waals surface area contributed by atoms with Crippen molar-refractivity contribution in [2.45, 2.75) is 13.1 Å². The van der Waals surface area contributed by atoms with Crippen molar-refractivity contribution in [3.63, 3.8) is 0 Å². The fourth-order valence-electron chi connectivity index (χ4n) is 1.54. The Kier molecular flexibility index (Phi) is 4.87. The van der Waals surface area contributed by atoms with Gasteiger partial charge in [0.25, 0.3) is 0 Å². The van der Waals surface area contributed by atoms with E-state index in [1.54, 1.807) is 0 Å². The van der Waals surface area contributed by atoms with Crippen molar-refractivity contribution in [2.75, 3.05) is 11.4 Å². The molecule has 0 aliphatic rings. The second-order valence-electron chi connectivity index (χ2n) is 3.67. The molecule has 0 fully saturated rings. The molecule has 0 bridgehead atoms. The molecule has 1 aromatic rings. The summed E-state index contributed by atoms with van der Waals surface area (Å²) in [5.41, 5.74) is -1.20. The van der Waals surface area contributed by atoms with Crippen LogP contribution in [0.5, 0.6) is 0 Å². The van der Waals surface area contributed by atoms with E-state index in [1.807, 2.05) is 0 Å². The monoisotopic (exact) mass is 311 g/mol. The van der Waals surface area contributed by atoms with E-state index in [9.17, 15) is 18.0 Å². The van der Waals surface area contributed by atoms with E-state index in [0.29, 0.717) is 0 Å². The summed E-state index contributed by atoms with van der Waals surface area (Å²) < 4.78 is 38.5. The minimum atomic E-state index is -4.69. The van der Waals surface area contributed by atoms with Crippen LogP contribution in [0.2, 0.25) is 10.0 Å². The van der Waals surface area contributed by atoms with Crippen LogP contribution in [0.1, 0.15) is 12.5 Å². The normalized spacial score (nSPS) is 11.3. The summed E-state index contributed by atoms with van der Waals surface area (Å²) in [4.78, 5) is 12.5. The number of carbonyl (C=O) groups excluding carboxylic acids is 1. The topological polar surface area (TPSA) is 20.3 Å². The first-order valence-corrected chi connectivity index (χ1v) is 5.90. The molecule has 0 N–H and O–H groups in total. The zero-order valence-corrected chi connectivity index (χ0v) is 11.4. The molecule has 104 valence electrons. The Labute approximate surface area is 118 Å². The molecule has 7 heteroatoms. The minimum Gasteiger partial charge on any atom is -0.307 e. The molecular formula is C12H10Cl2F3NO. The maximum Gasteiger partial charge on any atom is 0.419 e. The van der Waals surface area contributed by atoms with Gasteiger partial charge in [-0.2, -0.15) is 13.2 Å². The summed E-state index contributed by atoms with van der Waals surface area (Å²) in [7, 11) is 0. The largest absolute Gasteiger partial charge is 0.419 e. The molecule has 1 aromatic carbocycles. The molecule has 0 saturated heterocycles. The third kappa shape index (κ3) is 3.42. The number of amides is 1. The summed E-state index contributed by atoms with van der Waals surface area (Å²) in [6.07, 6.45) is -3.31. The fourth-order valence-corrected chi connectivity index (χ4v) is 2.22. The highest BCUT2D eigenvalue weighted by Crippen LogP contribution is 2.43. The van der Waals surface area contributed by atoms with Crippen molar-refractivity contribution in [1.82, 2.24) is 0 Å². The van der Waals surface area contributed by atoms with Gasteiger partial charge in [0, 0.05) is 13.5 Å². The number of benzene rings is 1. The number of nitrogens with zero attached hydrogens (tertiary/aromatic N) is 1. The average Bonchev–Trinajstić information content (AvgIpc) is 2.24. The number of alkyl halides is 3. The summed E-state index contributed by atoms with van der Waals surface area (Å²) in [5, 5.41) is -1.11. The maximum atomic E-state index is 12.8. The van der Waals surface area contributed by atoms with Gasteiger partial charge in [-0.05, 0) is 12.1 Å². The van der Waals surface area contributed by atoms with Gasteiger partial charge in [-0.1, -0.05) is 29.3 Å². The summed E-state index contributed by atoms with van der Waals surface area (Å²) in [6.45, 7) is 4.72. The van der Waals surface area contributed by atoms with Crippen LogP contribution in [0.3, 0.4) is 0 Å². The molecule has 0 spiro atoms. The smallest absolute Gasteiger partial charge is 0.307 e. The molecule has 19 heavy (non-hydrogen) atoms. The first-order valence-electron chi connectivity index (χ1n) is 5.14. The van der Waals surface area contributed by atoms with E-state index < -0.39 is 27.7 Å². The Morgan fingerprint density at radius 2 is 2.00 bits per heavy atom. The van der Waals surface area contributed by atoms with E-state index in [0.717, 1.165) is 11.0 Å². The average molecular weight is 312 g/mol. The first-order chi connectivity index (χ1) is 8.70. The van der Waals surface area contributed by atoms with Gasteiger partial charge < -0.3 is 4.90 Å². The van der Waals surface area contributed by atoms with Gasteiger partial charge >= 0.3 is 6.18 Å². The number of rotatable bonds is 3. The lowest BCUT2D eigenvalue weighted by molar-refractivity contribution is -0.137. The number of anilines is 1. The molecule has 1 amide bonds. The van der Waals surface area contributed by atoms with Crippen molar-refractivity contribution < 1.29 is 18.0 Å². The Morgan fingerprint density at radius 1 is 1.42 bits per heavy atom. The molecule has 0 atom stereocenters. The highest BCUT2D eigenvalue weighted by atomic mass is 35.5. The van der Waals surface area contributed by atoms with Crippen molar-refractivity contribution in [2.24, 2.45) is 0 Å². The van der Waals surface area contributed by atoms with Gasteiger partial charge in [-0.25, -0.2) is 0 Å². The quantitative estimate of drug-likeness (QED) is 0.750. The highest BCUT2D eigenvalue weighted by molar-refractivity contribution is 6.38. The number of halogens is 5. The number of hydrogen-bond acceptors (Lipinski definition) is 1. The molecule has 0 aliphatic heterocycles. The molecule has 0 heterocycles. The lowest BCUT2D eigenvalue weighted by Gasteiger charge is -2.23. The molecular weight excluding hydrogens is 302 g/mol. The zero-order valence-electron chi connectivity index (χ0n) is 9.89. The van der Waals surface area contributed by atoms with Gasteiger partial charge in [0.2, 0.25) is 5.91 Å². The highest BCUT2D eigenvalue weighted by Gasteiger charge is 2.37. The van der Waals surface area contributed by atoms with E-state index in [-0.39, 0.29) is 12.2 Å². The maximum absolute atomic E-state index is 12.8. The number of hydrogen-bond donors (Lipinski definition) is 0. The Balaban J connectivity index is 3.46. The predicted molar refractivity (Wildman–Crippen MR) is 69.7 cm³/mol. The molecule has 0 unspecified atom stereocenters. The molecule has 0 radical (unpaired) electrons. The Hall–Kier alpha value is -1.20. The lowest BCUT2D eigenvalue weighted by Crippen LogP contribution is -2.29. The van der Waals surface area contributed by atoms with Crippen LogP contribution in [0.4, 0.5) is 18.9 Å². The predicted octanol–water partition coefficient (Wildman–Crippen LogP) is 4.55. The van der Waals surface area contributed by atoms with Gasteiger partial charge in [-0.15, -0.1) is 6.58 Å². The van der Waals surface area contributed by atoms with Crippen LogP contribution in [-0.4, -0.2) is 12.5 Å². The Bertz CT molecular complexity index is 514. The second-order valence-corrected chi connectivity index (χ2v) is 4.46. The van der Waals surface area contributed by atoms with Crippen LogP contribution in [0.15, 0.2) is 24.8 Å². The van der Waals surface area contributed by atoms with Gasteiger partial charge in [-0.3, -0.25) is 4.79 Å². The standard InChI is InChI=1S/C12H10Cl2F3NO/c1-3-6-18(7(2)19)9-5-4-8(13)10(11(9)14)12(15,16)17/h3-5H,1,6H2,2H3. The Morgan fingerprint density at radius 3 is 2.42 bits per heavy atom. The van der Waals surface area contributed by atoms with Crippen LogP contribution >= 0.6 is 23.2 Å². The second kappa shape index (κ2) is 5.84. The third-order valence-corrected chi connectivity index (χ3v) is 3.03. The first kappa shape index (κ1) is 15.9. The van der Waals surface area contributed by atoms with Crippen LogP contribution < -0.4 is 4.90 Å². The van der Waals surface area contributed by atoms with E-state index in [1.165, 1.54) is 19.1 Å². The third-order valence-electron chi connectivity index (χ3n) is 2.34. The van der Waals surface area contributed by atoms with E-state index >= 15 is 0 Å². The summed E-state index contributed by atoms with van der Waals surface area (Å²) in [6, 6.07) is 2.33. The summed E-state index contributed by atoms with van der Waals surface area (Å²) in [5.74, 6) is -0.447. The molecule has 2 nitrogen and oxygen atoms in total. The van der Waals surface area contributed by atoms with Crippen LogP contribution in [-0.2, 0) is 11.0 Å². The molecule has 0 aromatic heterocycles. The molecule has 1 rings (SSSR count). The van der Waals surface area contributed by atoms with E-state index in [2.05, 4.69) is 6.58 Å². The zero-order chi connectivity index (χ0) is 14.8. The molecule has 0 aliphatic carbocycles. The van der Waals surface area contributed by atoms with Gasteiger partial charge in [0.15, 0.2) is 0 Å². The van der Waals surface area contributed by atoms with E-state index in [4.69, 9.17) is 23.2 Å². The van der Waals surface area contributed by atoms with Crippen LogP contribution in [0.25, 0.3) is 0 Å². The lowest BCUT2D eigenvalue weighted by atomic mass is 10.1. The van der Waals surface area contributed by atoms with Crippen molar-refractivity contribution in [1.29, 1.82) is 0 Å². The van der Waals surface area contributed by atoms with Gasteiger partial charge in [0.05, 0.1) is 21.3 Å². The number of carbonyl (C=O) groups is 1. The fraction of sp³-hybridized carbons (Fsp3) is 0.250.